The first-order valence-electron chi connectivity index (χ1n) is 7.57. The minimum Gasteiger partial charge on any atom is -0.481 e. The highest BCUT2D eigenvalue weighted by atomic mass is 16.7. The molecule has 1 heterocycles. The van der Waals surface area contributed by atoms with Crippen LogP contribution in [0.2, 0.25) is 0 Å². The van der Waals surface area contributed by atoms with Gasteiger partial charge in [-0.2, -0.15) is 0 Å². The smallest absolute Gasteiger partial charge is 0.304 e. The number of aliphatic carboxylic acids is 1. The Kier molecular flexibility index (Phi) is 9.35. The van der Waals surface area contributed by atoms with E-state index in [4.69, 9.17) is 19.7 Å². The number of hydrogen-bond donors (Lipinski definition) is 5. The molecule has 0 bridgehead atoms. The maximum Gasteiger partial charge on any atom is 0.304 e. The molecular weight excluding hydrogens is 320 g/mol. The first-order chi connectivity index (χ1) is 11.5. The summed E-state index contributed by atoms with van der Waals surface area (Å²) < 4.78 is 10.5. The molecule has 0 aromatic carbocycles. The molecule has 1 aliphatic heterocycles. The fraction of sp³-hybridized carbons (Fsp3) is 0.688. The van der Waals surface area contributed by atoms with E-state index in [0.717, 1.165) is 0 Å². The molecule has 1 rings (SSSR count). The minimum atomic E-state index is -1.46. The van der Waals surface area contributed by atoms with Crippen LogP contribution in [-0.2, 0) is 14.3 Å². The van der Waals surface area contributed by atoms with Gasteiger partial charge in [-0.3, -0.25) is 4.79 Å². The number of aliphatic hydroxyl groups is 4. The largest absolute Gasteiger partial charge is 0.481 e. The van der Waals surface area contributed by atoms with E-state index in [2.05, 4.69) is 23.7 Å². The van der Waals surface area contributed by atoms with Gasteiger partial charge in [-0.1, -0.05) is 11.8 Å². The summed E-state index contributed by atoms with van der Waals surface area (Å²) in [6, 6.07) is 0. The number of ether oxygens (including phenoxy) is 2. The van der Waals surface area contributed by atoms with Crippen molar-refractivity contribution in [3.8, 4) is 23.7 Å². The van der Waals surface area contributed by atoms with Crippen LogP contribution in [0.25, 0.3) is 0 Å². The van der Waals surface area contributed by atoms with Gasteiger partial charge in [0.15, 0.2) is 6.29 Å². The SMILES string of the molecule is O=C(O)CCC#CC#CCCCOC1OC(CO)C(O)C(O)C1O. The molecule has 8 heteroatoms. The molecular formula is C16H22O8. The van der Waals surface area contributed by atoms with Crippen molar-refractivity contribution in [2.24, 2.45) is 0 Å². The van der Waals surface area contributed by atoms with Gasteiger partial charge in [-0.25, -0.2) is 0 Å². The highest BCUT2D eigenvalue weighted by Gasteiger charge is 2.43. The van der Waals surface area contributed by atoms with Gasteiger partial charge in [0.25, 0.3) is 0 Å². The van der Waals surface area contributed by atoms with Crippen molar-refractivity contribution < 1.29 is 39.8 Å². The summed E-state index contributed by atoms with van der Waals surface area (Å²) in [5.74, 6) is 9.63. The van der Waals surface area contributed by atoms with E-state index in [1.807, 2.05) is 0 Å². The van der Waals surface area contributed by atoms with Crippen molar-refractivity contribution in [2.45, 2.75) is 56.4 Å². The predicted octanol–water partition coefficient (Wildman–Crippen LogP) is -1.55. The van der Waals surface area contributed by atoms with Crippen LogP contribution in [-0.4, -0.2) is 75.4 Å². The van der Waals surface area contributed by atoms with Gasteiger partial charge >= 0.3 is 5.97 Å². The quantitative estimate of drug-likeness (QED) is 0.277. The standard InChI is InChI=1S/C16H22O8/c17-10-11-13(20)14(21)15(22)16(24-11)23-9-7-5-3-1-2-4-6-8-12(18)19/h11,13-17,20-22H,5-10H2,(H,18,19). The number of hydrogen-bond acceptors (Lipinski definition) is 7. The second kappa shape index (κ2) is 11.0. The highest BCUT2D eigenvalue weighted by Crippen LogP contribution is 2.21. The van der Waals surface area contributed by atoms with E-state index in [1.165, 1.54) is 0 Å². The number of carbonyl (C=O) groups is 1. The van der Waals surface area contributed by atoms with E-state index in [1.54, 1.807) is 0 Å². The van der Waals surface area contributed by atoms with Crippen molar-refractivity contribution >= 4 is 5.97 Å². The number of carboxylic acids is 1. The Morgan fingerprint density at radius 1 is 1.04 bits per heavy atom. The van der Waals surface area contributed by atoms with Crippen LogP contribution in [0.4, 0.5) is 0 Å². The Hall–Kier alpha value is -1.65. The molecule has 1 fully saturated rings. The van der Waals surface area contributed by atoms with Crippen LogP contribution >= 0.6 is 0 Å². The van der Waals surface area contributed by atoms with Crippen molar-refractivity contribution in [3.63, 3.8) is 0 Å². The van der Waals surface area contributed by atoms with Crippen LogP contribution in [0, 0.1) is 23.7 Å². The number of aliphatic hydroxyl groups excluding tert-OH is 4. The predicted molar refractivity (Wildman–Crippen MR) is 81.4 cm³/mol. The molecule has 5 N–H and O–H groups in total. The topological polar surface area (TPSA) is 137 Å². The number of unbranched alkanes of at least 4 members (excludes halogenated alkanes) is 1. The Labute approximate surface area is 140 Å². The van der Waals surface area contributed by atoms with E-state index in [-0.39, 0.29) is 19.4 Å². The molecule has 24 heavy (non-hydrogen) atoms. The van der Waals surface area contributed by atoms with Gasteiger partial charge in [0.1, 0.15) is 24.4 Å². The molecule has 0 saturated carbocycles. The molecule has 0 aromatic rings. The second-order valence-corrected chi connectivity index (χ2v) is 5.17. The molecule has 0 radical (unpaired) electrons. The monoisotopic (exact) mass is 342 g/mol. The Balaban J connectivity index is 2.24. The lowest BCUT2D eigenvalue weighted by molar-refractivity contribution is -0.301. The molecule has 5 unspecified atom stereocenters. The van der Waals surface area contributed by atoms with Gasteiger partial charge in [0, 0.05) is 12.8 Å². The third kappa shape index (κ3) is 6.85. The molecule has 1 saturated heterocycles. The lowest BCUT2D eigenvalue weighted by Gasteiger charge is -2.39. The maximum absolute atomic E-state index is 10.2. The fourth-order valence-electron chi connectivity index (χ4n) is 1.95. The van der Waals surface area contributed by atoms with Crippen LogP contribution in [0.5, 0.6) is 0 Å². The van der Waals surface area contributed by atoms with Gasteiger partial charge in [-0.15, -0.1) is 0 Å². The zero-order valence-electron chi connectivity index (χ0n) is 13.1. The lowest BCUT2D eigenvalue weighted by Crippen LogP contribution is -2.59. The zero-order chi connectivity index (χ0) is 17.9. The van der Waals surface area contributed by atoms with E-state index in [9.17, 15) is 20.1 Å². The molecule has 0 aromatic heterocycles. The average Bonchev–Trinajstić information content (AvgIpc) is 2.56. The Bertz CT molecular complexity index is 510. The van der Waals surface area contributed by atoms with Gasteiger partial charge < -0.3 is 35.0 Å². The van der Waals surface area contributed by atoms with Crippen molar-refractivity contribution in [1.29, 1.82) is 0 Å². The van der Waals surface area contributed by atoms with Crippen molar-refractivity contribution in [3.05, 3.63) is 0 Å². The zero-order valence-corrected chi connectivity index (χ0v) is 13.1. The highest BCUT2D eigenvalue weighted by molar-refractivity contribution is 5.67. The normalized spacial score (nSPS) is 29.1. The Morgan fingerprint density at radius 3 is 2.33 bits per heavy atom. The summed E-state index contributed by atoms with van der Waals surface area (Å²) in [7, 11) is 0. The van der Waals surface area contributed by atoms with Crippen LogP contribution in [0.3, 0.4) is 0 Å². The summed E-state index contributed by atoms with van der Waals surface area (Å²) in [6.45, 7) is -0.305. The molecule has 1 aliphatic rings. The van der Waals surface area contributed by atoms with E-state index >= 15 is 0 Å². The summed E-state index contributed by atoms with van der Waals surface area (Å²) in [5, 5.41) is 46.4. The van der Waals surface area contributed by atoms with Crippen molar-refractivity contribution in [2.75, 3.05) is 13.2 Å². The summed E-state index contributed by atoms with van der Waals surface area (Å²) in [4.78, 5) is 10.2. The number of carboxylic acid groups (broad SMARTS) is 1. The third-order valence-corrected chi connectivity index (χ3v) is 3.28. The minimum absolute atomic E-state index is 0.0123. The first-order valence-corrected chi connectivity index (χ1v) is 7.57. The van der Waals surface area contributed by atoms with E-state index < -0.39 is 43.3 Å². The summed E-state index contributed by atoms with van der Waals surface area (Å²) >= 11 is 0. The molecule has 5 atom stereocenters. The van der Waals surface area contributed by atoms with E-state index in [0.29, 0.717) is 12.8 Å². The molecule has 134 valence electrons. The van der Waals surface area contributed by atoms with Crippen molar-refractivity contribution in [1.82, 2.24) is 0 Å². The maximum atomic E-state index is 10.2. The number of rotatable bonds is 7. The second-order valence-electron chi connectivity index (χ2n) is 5.17. The lowest BCUT2D eigenvalue weighted by atomic mass is 9.99. The first kappa shape index (κ1) is 20.4. The third-order valence-electron chi connectivity index (χ3n) is 3.28. The summed E-state index contributed by atoms with van der Waals surface area (Å²) in [5.41, 5.74) is 0. The van der Waals surface area contributed by atoms with Gasteiger partial charge in [-0.05, 0) is 18.3 Å². The van der Waals surface area contributed by atoms with Gasteiger partial charge in [0.05, 0.1) is 19.6 Å². The van der Waals surface area contributed by atoms with Gasteiger partial charge in [0.2, 0.25) is 0 Å². The molecule has 0 spiro atoms. The average molecular weight is 342 g/mol. The summed E-state index contributed by atoms with van der Waals surface area (Å²) in [6.07, 6.45) is -5.15. The molecule has 0 aliphatic carbocycles. The van der Waals surface area contributed by atoms with Crippen LogP contribution in [0.15, 0.2) is 0 Å². The van der Waals surface area contributed by atoms with Crippen LogP contribution in [0.1, 0.15) is 25.7 Å². The van der Waals surface area contributed by atoms with Crippen LogP contribution < -0.4 is 0 Å². The Morgan fingerprint density at radius 2 is 1.71 bits per heavy atom. The molecule has 0 amide bonds. The molecule has 8 nitrogen and oxygen atoms in total. The fourth-order valence-corrected chi connectivity index (χ4v) is 1.95.